The van der Waals surface area contributed by atoms with Crippen LogP contribution < -0.4 is 9.47 Å². The number of ether oxygens (including phenoxy) is 2. The van der Waals surface area contributed by atoms with E-state index in [-0.39, 0.29) is 17.9 Å². The average Bonchev–Trinajstić information content (AvgIpc) is 2.77. The molecule has 2 amide bonds. The van der Waals surface area contributed by atoms with Crippen LogP contribution in [0.25, 0.3) is 0 Å². The Kier molecular flexibility index (Phi) is 5.57. The van der Waals surface area contributed by atoms with Crippen molar-refractivity contribution in [2.75, 3.05) is 39.4 Å². The lowest BCUT2D eigenvalue weighted by molar-refractivity contribution is -0.160. The Bertz CT molecular complexity index is 795. The third-order valence-electron chi connectivity index (χ3n) is 7.91. The van der Waals surface area contributed by atoms with Crippen molar-refractivity contribution in [1.29, 1.82) is 0 Å². The summed E-state index contributed by atoms with van der Waals surface area (Å²) in [6.45, 7) is 4.93. The standard InChI is InChI=1S/C25H34N2O4/c1-2-30-21-5-3-4-6-22(21)31-17-23(28)26-7-9-27(10-8-26)24(29)25-14-18-11-19(15-25)13-20(12-18)16-25/h3-6,18-20H,2,7-17H2,1H3. The Morgan fingerprint density at radius 2 is 1.39 bits per heavy atom. The largest absolute Gasteiger partial charge is 0.490 e. The van der Waals surface area contributed by atoms with Gasteiger partial charge in [0.1, 0.15) is 0 Å². The van der Waals surface area contributed by atoms with E-state index in [0.717, 1.165) is 37.0 Å². The number of hydrogen-bond donors (Lipinski definition) is 0. The van der Waals surface area contributed by atoms with Gasteiger partial charge in [0.05, 0.1) is 12.0 Å². The van der Waals surface area contributed by atoms with Crippen molar-refractivity contribution >= 4 is 11.8 Å². The topological polar surface area (TPSA) is 59.1 Å². The van der Waals surface area contributed by atoms with Crippen LogP contribution >= 0.6 is 0 Å². The highest BCUT2D eigenvalue weighted by Gasteiger charge is 2.55. The van der Waals surface area contributed by atoms with Crippen LogP contribution in [0, 0.1) is 23.2 Å². The third kappa shape index (κ3) is 4.01. The molecule has 4 aliphatic carbocycles. The molecular formula is C25H34N2O4. The fourth-order valence-electron chi connectivity index (χ4n) is 6.94. The number of piperazine rings is 1. The van der Waals surface area contributed by atoms with Gasteiger partial charge in [-0.05, 0) is 75.3 Å². The molecule has 1 aromatic carbocycles. The Balaban J connectivity index is 1.14. The lowest BCUT2D eigenvalue weighted by atomic mass is 9.49. The van der Waals surface area contributed by atoms with Gasteiger partial charge in [0, 0.05) is 26.2 Å². The number of hydrogen-bond acceptors (Lipinski definition) is 4. The number of rotatable bonds is 6. The van der Waals surface area contributed by atoms with Gasteiger partial charge in [0.2, 0.25) is 5.91 Å². The van der Waals surface area contributed by atoms with Crippen LogP contribution in [-0.4, -0.2) is 61.0 Å². The van der Waals surface area contributed by atoms with E-state index >= 15 is 0 Å². The molecule has 0 radical (unpaired) electrons. The number of carbonyl (C=O) groups is 2. The van der Waals surface area contributed by atoms with Crippen LogP contribution in [0.15, 0.2) is 24.3 Å². The van der Waals surface area contributed by atoms with Crippen molar-refractivity contribution < 1.29 is 19.1 Å². The second-order valence-electron chi connectivity index (χ2n) is 10.0. The van der Waals surface area contributed by atoms with Gasteiger partial charge in [-0.1, -0.05) is 12.1 Å². The quantitative estimate of drug-likeness (QED) is 0.700. The zero-order valence-electron chi connectivity index (χ0n) is 18.6. The number of carbonyl (C=O) groups excluding carboxylic acids is 2. The number of benzene rings is 1. The first-order valence-electron chi connectivity index (χ1n) is 12.0. The Morgan fingerprint density at radius 1 is 0.871 bits per heavy atom. The second kappa shape index (κ2) is 8.36. The molecule has 1 aliphatic heterocycles. The number of nitrogens with zero attached hydrogens (tertiary/aromatic N) is 2. The Morgan fingerprint density at radius 3 is 1.94 bits per heavy atom. The van der Waals surface area contributed by atoms with E-state index in [2.05, 4.69) is 0 Å². The maximum absolute atomic E-state index is 13.5. The molecule has 6 rings (SSSR count). The van der Waals surface area contributed by atoms with E-state index in [1.807, 2.05) is 41.0 Å². The lowest BCUT2D eigenvalue weighted by Gasteiger charge is -2.57. The Hall–Kier alpha value is -2.24. The van der Waals surface area contributed by atoms with Gasteiger partial charge in [-0.25, -0.2) is 0 Å². The van der Waals surface area contributed by atoms with Gasteiger partial charge in [0.25, 0.3) is 5.91 Å². The predicted octanol–water partition coefficient (Wildman–Crippen LogP) is 3.35. The maximum Gasteiger partial charge on any atom is 0.260 e. The van der Waals surface area contributed by atoms with Crippen molar-refractivity contribution in [3.8, 4) is 11.5 Å². The first kappa shape index (κ1) is 20.7. The second-order valence-corrected chi connectivity index (χ2v) is 10.0. The molecular weight excluding hydrogens is 392 g/mol. The number of amides is 2. The van der Waals surface area contributed by atoms with Gasteiger partial charge in [-0.2, -0.15) is 0 Å². The van der Waals surface area contributed by atoms with E-state index in [0.29, 0.717) is 50.2 Å². The molecule has 1 aromatic rings. The normalized spacial score (nSPS) is 31.6. The van der Waals surface area contributed by atoms with Crippen molar-refractivity contribution in [2.24, 2.45) is 23.2 Å². The first-order valence-corrected chi connectivity index (χ1v) is 12.0. The SMILES string of the molecule is CCOc1ccccc1OCC(=O)N1CCN(C(=O)C23CC4CC(CC(C4)C2)C3)CC1. The molecule has 168 valence electrons. The van der Waals surface area contributed by atoms with Crippen LogP contribution in [0.3, 0.4) is 0 Å². The van der Waals surface area contributed by atoms with Gasteiger partial charge < -0.3 is 19.3 Å². The Labute approximate surface area is 184 Å². The molecule has 0 unspecified atom stereocenters. The van der Waals surface area contributed by atoms with Gasteiger partial charge in [-0.15, -0.1) is 0 Å². The van der Waals surface area contributed by atoms with Gasteiger partial charge in [-0.3, -0.25) is 9.59 Å². The van der Waals surface area contributed by atoms with E-state index in [4.69, 9.17) is 9.47 Å². The fraction of sp³-hybridized carbons (Fsp3) is 0.680. The minimum Gasteiger partial charge on any atom is -0.490 e. The van der Waals surface area contributed by atoms with Crippen molar-refractivity contribution in [2.45, 2.75) is 45.4 Å². The predicted molar refractivity (Wildman–Crippen MR) is 117 cm³/mol. The zero-order valence-corrected chi connectivity index (χ0v) is 18.6. The summed E-state index contributed by atoms with van der Waals surface area (Å²) in [6, 6.07) is 7.43. The molecule has 4 saturated carbocycles. The summed E-state index contributed by atoms with van der Waals surface area (Å²) in [5.41, 5.74) is -0.0903. The van der Waals surface area contributed by atoms with Crippen molar-refractivity contribution in [3.63, 3.8) is 0 Å². The van der Waals surface area contributed by atoms with E-state index < -0.39 is 0 Å². The molecule has 0 spiro atoms. The highest BCUT2D eigenvalue weighted by atomic mass is 16.5. The number of para-hydroxylation sites is 2. The van der Waals surface area contributed by atoms with Crippen LogP contribution in [0.4, 0.5) is 0 Å². The van der Waals surface area contributed by atoms with E-state index in [1.165, 1.54) is 19.3 Å². The smallest absolute Gasteiger partial charge is 0.260 e. The maximum atomic E-state index is 13.5. The molecule has 6 nitrogen and oxygen atoms in total. The first-order chi connectivity index (χ1) is 15.1. The van der Waals surface area contributed by atoms with Crippen LogP contribution in [0.5, 0.6) is 11.5 Å². The molecule has 4 bridgehead atoms. The zero-order chi connectivity index (χ0) is 21.4. The summed E-state index contributed by atoms with van der Waals surface area (Å²) < 4.78 is 11.3. The summed E-state index contributed by atoms with van der Waals surface area (Å²) >= 11 is 0. The van der Waals surface area contributed by atoms with Gasteiger partial charge >= 0.3 is 0 Å². The van der Waals surface area contributed by atoms with E-state index in [9.17, 15) is 9.59 Å². The van der Waals surface area contributed by atoms with Crippen LogP contribution in [0.1, 0.15) is 45.4 Å². The summed E-state index contributed by atoms with van der Waals surface area (Å²) in [5.74, 6) is 3.91. The molecule has 6 heteroatoms. The van der Waals surface area contributed by atoms with Gasteiger partial charge in [0.15, 0.2) is 18.1 Å². The van der Waals surface area contributed by atoms with E-state index in [1.54, 1.807) is 0 Å². The average molecular weight is 427 g/mol. The summed E-state index contributed by atoms with van der Waals surface area (Å²) in [4.78, 5) is 30.1. The third-order valence-corrected chi connectivity index (χ3v) is 7.91. The minimum atomic E-state index is -0.0903. The molecule has 5 fully saturated rings. The minimum absolute atomic E-state index is 0.00693. The molecule has 0 aromatic heterocycles. The summed E-state index contributed by atoms with van der Waals surface area (Å²) in [5, 5.41) is 0. The van der Waals surface area contributed by atoms with Crippen molar-refractivity contribution in [1.82, 2.24) is 9.80 Å². The highest BCUT2D eigenvalue weighted by molar-refractivity contribution is 5.84. The monoisotopic (exact) mass is 426 g/mol. The molecule has 0 atom stereocenters. The molecule has 1 heterocycles. The summed E-state index contributed by atoms with van der Waals surface area (Å²) in [7, 11) is 0. The molecule has 0 N–H and O–H groups in total. The molecule has 1 saturated heterocycles. The molecule has 5 aliphatic rings. The lowest BCUT2D eigenvalue weighted by Crippen LogP contribution is -2.58. The summed E-state index contributed by atoms with van der Waals surface area (Å²) in [6.07, 6.45) is 7.35. The highest BCUT2D eigenvalue weighted by Crippen LogP contribution is 2.60. The van der Waals surface area contributed by atoms with Crippen LogP contribution in [-0.2, 0) is 9.59 Å². The fourth-order valence-corrected chi connectivity index (χ4v) is 6.94. The van der Waals surface area contributed by atoms with Crippen LogP contribution in [0.2, 0.25) is 0 Å². The van der Waals surface area contributed by atoms with Crippen molar-refractivity contribution in [3.05, 3.63) is 24.3 Å². The molecule has 31 heavy (non-hydrogen) atoms.